The summed E-state index contributed by atoms with van der Waals surface area (Å²) in [7, 11) is 0. The highest BCUT2D eigenvalue weighted by Crippen LogP contribution is 2.25. The van der Waals surface area contributed by atoms with Crippen molar-refractivity contribution in [3.63, 3.8) is 0 Å². The lowest BCUT2D eigenvalue weighted by Crippen LogP contribution is -2.23. The van der Waals surface area contributed by atoms with Gasteiger partial charge in [-0.15, -0.1) is 11.3 Å². The first kappa shape index (κ1) is 14.4. The number of thiophene rings is 1. The Kier molecular flexibility index (Phi) is 4.25. The fourth-order valence-corrected chi connectivity index (χ4v) is 2.85. The van der Waals surface area contributed by atoms with Gasteiger partial charge in [0.05, 0.1) is 10.6 Å². The highest BCUT2D eigenvalue weighted by Gasteiger charge is 2.10. The second kappa shape index (κ2) is 6.49. The van der Waals surface area contributed by atoms with Gasteiger partial charge in [0, 0.05) is 18.3 Å². The van der Waals surface area contributed by atoms with Gasteiger partial charge in [0.25, 0.3) is 5.91 Å². The maximum absolute atomic E-state index is 12.9. The van der Waals surface area contributed by atoms with Crippen LogP contribution >= 0.6 is 11.3 Å². The summed E-state index contributed by atoms with van der Waals surface area (Å²) >= 11 is 1.61. The summed E-state index contributed by atoms with van der Waals surface area (Å²) in [5, 5.41) is 4.83. The van der Waals surface area contributed by atoms with Gasteiger partial charge in [0.15, 0.2) is 0 Å². The van der Waals surface area contributed by atoms with E-state index in [4.69, 9.17) is 0 Å². The summed E-state index contributed by atoms with van der Waals surface area (Å²) in [5.74, 6) is -0.593. The van der Waals surface area contributed by atoms with E-state index in [9.17, 15) is 9.18 Å². The second-order valence-corrected chi connectivity index (χ2v) is 5.63. The Labute approximate surface area is 131 Å². The maximum Gasteiger partial charge on any atom is 0.251 e. The van der Waals surface area contributed by atoms with Crippen molar-refractivity contribution >= 4 is 17.2 Å². The summed E-state index contributed by atoms with van der Waals surface area (Å²) in [6.07, 6.45) is 1.74. The van der Waals surface area contributed by atoms with E-state index in [1.165, 1.54) is 24.3 Å². The van der Waals surface area contributed by atoms with Crippen LogP contribution in [0.15, 0.2) is 60.1 Å². The molecule has 0 saturated carbocycles. The van der Waals surface area contributed by atoms with E-state index in [-0.39, 0.29) is 11.7 Å². The Morgan fingerprint density at radius 2 is 1.95 bits per heavy atom. The van der Waals surface area contributed by atoms with Crippen LogP contribution in [0.3, 0.4) is 0 Å². The Morgan fingerprint density at radius 3 is 2.68 bits per heavy atom. The summed E-state index contributed by atoms with van der Waals surface area (Å²) in [6.45, 7) is 0.372. The van der Waals surface area contributed by atoms with Crippen molar-refractivity contribution < 1.29 is 9.18 Å². The first-order valence-electron chi connectivity index (χ1n) is 6.75. The molecular formula is C17H13FN2OS. The minimum atomic E-state index is -0.358. The van der Waals surface area contributed by atoms with E-state index < -0.39 is 0 Å². The minimum Gasteiger partial charge on any atom is -0.348 e. The van der Waals surface area contributed by atoms with Crippen molar-refractivity contribution in [2.75, 3.05) is 0 Å². The Hall–Kier alpha value is -2.53. The first-order chi connectivity index (χ1) is 10.7. The molecule has 0 fully saturated rings. The third-order valence-corrected chi connectivity index (χ3v) is 4.07. The van der Waals surface area contributed by atoms with Gasteiger partial charge in [-0.1, -0.05) is 12.1 Å². The number of hydrogen-bond donors (Lipinski definition) is 1. The molecule has 0 spiro atoms. The molecule has 1 aromatic carbocycles. The Morgan fingerprint density at radius 1 is 1.14 bits per heavy atom. The van der Waals surface area contributed by atoms with Crippen molar-refractivity contribution in [2.45, 2.75) is 6.54 Å². The Balaban J connectivity index is 1.74. The number of rotatable bonds is 4. The van der Waals surface area contributed by atoms with Gasteiger partial charge in [0.2, 0.25) is 0 Å². The van der Waals surface area contributed by atoms with Gasteiger partial charge in [-0.3, -0.25) is 9.78 Å². The van der Waals surface area contributed by atoms with Crippen molar-refractivity contribution in [2.24, 2.45) is 0 Å². The van der Waals surface area contributed by atoms with Crippen LogP contribution in [-0.2, 0) is 6.54 Å². The normalized spacial score (nSPS) is 10.4. The van der Waals surface area contributed by atoms with Crippen LogP contribution in [0, 0.1) is 5.82 Å². The van der Waals surface area contributed by atoms with Crippen LogP contribution < -0.4 is 5.32 Å². The Bertz CT molecular complexity index is 770. The fraction of sp³-hybridized carbons (Fsp3) is 0.0588. The molecule has 3 aromatic rings. The molecule has 3 nitrogen and oxygen atoms in total. The van der Waals surface area contributed by atoms with E-state index >= 15 is 0 Å². The standard InChI is InChI=1S/C17H13FN2OS/c18-14-7-5-12(6-8-14)17(21)20-11-13-3-1-9-19-16(13)15-4-2-10-22-15/h1-10H,11H2,(H,20,21). The molecule has 0 atom stereocenters. The fourth-order valence-electron chi connectivity index (χ4n) is 2.10. The molecule has 0 aliphatic rings. The van der Waals surface area contributed by atoms with Crippen molar-refractivity contribution in [3.05, 3.63) is 77.1 Å². The average Bonchev–Trinajstić information content (AvgIpc) is 3.08. The number of amides is 1. The topological polar surface area (TPSA) is 42.0 Å². The van der Waals surface area contributed by atoms with Crippen LogP contribution in [0.2, 0.25) is 0 Å². The van der Waals surface area contributed by atoms with E-state index in [0.717, 1.165) is 16.1 Å². The monoisotopic (exact) mass is 312 g/mol. The molecule has 0 bridgehead atoms. The van der Waals surface area contributed by atoms with Crippen LogP contribution in [-0.4, -0.2) is 10.9 Å². The van der Waals surface area contributed by atoms with E-state index in [2.05, 4.69) is 10.3 Å². The third-order valence-electron chi connectivity index (χ3n) is 3.19. The van der Waals surface area contributed by atoms with Crippen molar-refractivity contribution in [1.29, 1.82) is 0 Å². The highest BCUT2D eigenvalue weighted by atomic mass is 32.1. The van der Waals surface area contributed by atoms with E-state index in [1.807, 2.05) is 29.6 Å². The smallest absolute Gasteiger partial charge is 0.251 e. The van der Waals surface area contributed by atoms with Gasteiger partial charge in [0.1, 0.15) is 5.82 Å². The molecular weight excluding hydrogens is 299 g/mol. The molecule has 3 rings (SSSR count). The number of carbonyl (C=O) groups is 1. The molecule has 0 saturated heterocycles. The average molecular weight is 312 g/mol. The highest BCUT2D eigenvalue weighted by molar-refractivity contribution is 7.13. The predicted molar refractivity (Wildman–Crippen MR) is 85.1 cm³/mol. The molecule has 1 N–H and O–H groups in total. The number of pyridine rings is 1. The molecule has 0 aliphatic carbocycles. The molecule has 2 heterocycles. The number of halogens is 1. The molecule has 0 radical (unpaired) electrons. The largest absolute Gasteiger partial charge is 0.348 e. The molecule has 0 aliphatic heterocycles. The first-order valence-corrected chi connectivity index (χ1v) is 7.63. The van der Waals surface area contributed by atoms with Crippen LogP contribution in [0.4, 0.5) is 4.39 Å². The molecule has 5 heteroatoms. The number of nitrogens with one attached hydrogen (secondary N) is 1. The maximum atomic E-state index is 12.9. The van der Waals surface area contributed by atoms with Crippen LogP contribution in [0.1, 0.15) is 15.9 Å². The van der Waals surface area contributed by atoms with Crippen LogP contribution in [0.25, 0.3) is 10.6 Å². The molecule has 2 aromatic heterocycles. The lowest BCUT2D eigenvalue weighted by atomic mass is 10.1. The number of hydrogen-bond acceptors (Lipinski definition) is 3. The quantitative estimate of drug-likeness (QED) is 0.794. The summed E-state index contributed by atoms with van der Waals surface area (Å²) in [4.78, 5) is 17.5. The van der Waals surface area contributed by atoms with Gasteiger partial charge in [-0.25, -0.2) is 4.39 Å². The zero-order chi connectivity index (χ0) is 15.4. The SMILES string of the molecule is O=C(NCc1cccnc1-c1cccs1)c1ccc(F)cc1. The number of aromatic nitrogens is 1. The zero-order valence-electron chi connectivity index (χ0n) is 11.6. The van der Waals surface area contributed by atoms with Gasteiger partial charge in [-0.2, -0.15) is 0 Å². The zero-order valence-corrected chi connectivity index (χ0v) is 12.4. The molecule has 22 heavy (non-hydrogen) atoms. The summed E-state index contributed by atoms with van der Waals surface area (Å²) in [5.41, 5.74) is 2.25. The van der Waals surface area contributed by atoms with Gasteiger partial charge >= 0.3 is 0 Å². The number of nitrogens with zero attached hydrogens (tertiary/aromatic N) is 1. The third kappa shape index (κ3) is 3.20. The molecule has 0 unspecified atom stereocenters. The van der Waals surface area contributed by atoms with Gasteiger partial charge in [-0.05, 0) is 47.3 Å². The van der Waals surface area contributed by atoms with Crippen LogP contribution in [0.5, 0.6) is 0 Å². The summed E-state index contributed by atoms with van der Waals surface area (Å²) < 4.78 is 12.9. The lowest BCUT2D eigenvalue weighted by Gasteiger charge is -2.09. The lowest BCUT2D eigenvalue weighted by molar-refractivity contribution is 0.0951. The van der Waals surface area contributed by atoms with E-state index in [1.54, 1.807) is 17.5 Å². The number of benzene rings is 1. The van der Waals surface area contributed by atoms with Crippen molar-refractivity contribution in [3.8, 4) is 10.6 Å². The van der Waals surface area contributed by atoms with E-state index in [0.29, 0.717) is 12.1 Å². The molecule has 110 valence electrons. The van der Waals surface area contributed by atoms with Gasteiger partial charge < -0.3 is 5.32 Å². The molecule has 1 amide bonds. The minimum absolute atomic E-state index is 0.235. The van der Waals surface area contributed by atoms with Crippen molar-refractivity contribution in [1.82, 2.24) is 10.3 Å². The number of carbonyl (C=O) groups excluding carboxylic acids is 1. The second-order valence-electron chi connectivity index (χ2n) is 4.68. The predicted octanol–water partition coefficient (Wildman–Crippen LogP) is 3.88. The summed E-state index contributed by atoms with van der Waals surface area (Å²) in [6, 6.07) is 13.2.